The lowest BCUT2D eigenvalue weighted by molar-refractivity contribution is -0.141. The maximum absolute atomic E-state index is 10.9. The molecule has 0 spiro atoms. The molecule has 4 heteroatoms. The first-order valence-electron chi connectivity index (χ1n) is 9.75. The Morgan fingerprint density at radius 1 is 0.875 bits per heavy atom. The van der Waals surface area contributed by atoms with Gasteiger partial charge in [0.2, 0.25) is 5.91 Å². The van der Waals surface area contributed by atoms with E-state index in [-0.39, 0.29) is 6.42 Å². The Labute approximate surface area is 147 Å². The fourth-order valence-electron chi connectivity index (χ4n) is 2.82. The Morgan fingerprint density at radius 2 is 1.33 bits per heavy atom. The predicted molar refractivity (Wildman–Crippen MR) is 99.8 cm³/mol. The van der Waals surface area contributed by atoms with E-state index in [1.807, 2.05) is 6.08 Å². The summed E-state index contributed by atoms with van der Waals surface area (Å²) in [6.45, 7) is 2.25. The average Bonchev–Trinajstić information content (AvgIpc) is 2.53. The highest BCUT2D eigenvalue weighted by Gasteiger charge is 2.15. The number of allylic oxidation sites excluding steroid dienone is 1. The maximum Gasteiger partial charge on any atom is 0.310 e. The third-order valence-electron chi connectivity index (χ3n) is 4.33. The number of carbonyl (C=O) groups is 2. The van der Waals surface area contributed by atoms with E-state index in [2.05, 4.69) is 6.92 Å². The second kappa shape index (κ2) is 16.5. The Hall–Kier alpha value is -1.32. The third-order valence-corrected chi connectivity index (χ3v) is 4.33. The summed E-state index contributed by atoms with van der Waals surface area (Å²) < 4.78 is 0. The number of nitrogens with two attached hydrogens (primary N) is 1. The Morgan fingerprint density at radius 3 is 1.75 bits per heavy atom. The van der Waals surface area contributed by atoms with E-state index in [1.165, 1.54) is 70.6 Å². The Bertz CT molecular complexity index is 353. The van der Waals surface area contributed by atoms with Crippen LogP contribution in [0.4, 0.5) is 0 Å². The Balaban J connectivity index is 3.42. The second-order valence-electron chi connectivity index (χ2n) is 6.72. The van der Waals surface area contributed by atoms with Crippen molar-refractivity contribution in [3.63, 3.8) is 0 Å². The van der Waals surface area contributed by atoms with Crippen LogP contribution in [0.15, 0.2) is 12.2 Å². The van der Waals surface area contributed by atoms with Crippen LogP contribution in [-0.2, 0) is 9.59 Å². The van der Waals surface area contributed by atoms with Gasteiger partial charge in [-0.1, -0.05) is 89.7 Å². The van der Waals surface area contributed by atoms with E-state index >= 15 is 0 Å². The van der Waals surface area contributed by atoms with Crippen molar-refractivity contribution in [3.8, 4) is 0 Å². The molecule has 0 rings (SSSR count). The van der Waals surface area contributed by atoms with E-state index in [1.54, 1.807) is 6.08 Å². The van der Waals surface area contributed by atoms with E-state index in [0.29, 0.717) is 0 Å². The van der Waals surface area contributed by atoms with Crippen LogP contribution >= 0.6 is 0 Å². The van der Waals surface area contributed by atoms with Crippen LogP contribution in [0.1, 0.15) is 96.8 Å². The van der Waals surface area contributed by atoms with Crippen molar-refractivity contribution < 1.29 is 14.7 Å². The van der Waals surface area contributed by atoms with Gasteiger partial charge in [-0.05, 0) is 12.8 Å². The minimum atomic E-state index is -0.986. The zero-order valence-corrected chi connectivity index (χ0v) is 15.5. The van der Waals surface area contributed by atoms with Crippen LogP contribution in [0, 0.1) is 5.92 Å². The normalized spacial score (nSPS) is 12.5. The largest absolute Gasteiger partial charge is 0.481 e. The molecule has 0 aliphatic rings. The molecule has 0 aromatic rings. The van der Waals surface area contributed by atoms with E-state index in [4.69, 9.17) is 10.8 Å². The molecule has 0 saturated carbocycles. The number of aliphatic carboxylic acids is 1. The van der Waals surface area contributed by atoms with Crippen molar-refractivity contribution >= 4 is 11.9 Å². The molecule has 1 unspecified atom stereocenters. The fourth-order valence-corrected chi connectivity index (χ4v) is 2.82. The lowest BCUT2D eigenvalue weighted by atomic mass is 10.0. The zero-order chi connectivity index (χ0) is 18.0. The molecule has 4 nitrogen and oxygen atoms in total. The summed E-state index contributed by atoms with van der Waals surface area (Å²) in [6.07, 6.45) is 20.0. The molecule has 0 heterocycles. The lowest BCUT2D eigenvalue weighted by Gasteiger charge is -2.04. The molecule has 0 saturated heterocycles. The smallest absolute Gasteiger partial charge is 0.310 e. The number of rotatable bonds is 17. The second-order valence-corrected chi connectivity index (χ2v) is 6.72. The first kappa shape index (κ1) is 22.7. The van der Waals surface area contributed by atoms with Crippen molar-refractivity contribution in [1.29, 1.82) is 0 Å². The van der Waals surface area contributed by atoms with Gasteiger partial charge >= 0.3 is 5.97 Å². The van der Waals surface area contributed by atoms with Gasteiger partial charge in [-0.3, -0.25) is 9.59 Å². The molecular formula is C20H37NO3. The van der Waals surface area contributed by atoms with Gasteiger partial charge in [0.1, 0.15) is 0 Å². The lowest BCUT2D eigenvalue weighted by Crippen LogP contribution is -2.20. The van der Waals surface area contributed by atoms with Crippen LogP contribution in [0.25, 0.3) is 0 Å². The summed E-state index contributed by atoms with van der Waals surface area (Å²) in [7, 11) is 0. The zero-order valence-electron chi connectivity index (χ0n) is 15.5. The standard InChI is InChI=1S/C20H37NO3/c1-2-3-4-5-6-7-8-9-10-11-12-13-14-15-16-18(20(23)24)17-19(21)22/h15-16,18H,2-14,17H2,1H3,(H2,21,22)(H,23,24). The van der Waals surface area contributed by atoms with Crippen LogP contribution in [-0.4, -0.2) is 17.0 Å². The predicted octanol–water partition coefficient (Wildman–Crippen LogP) is 5.21. The van der Waals surface area contributed by atoms with Gasteiger partial charge in [-0.25, -0.2) is 0 Å². The first-order chi connectivity index (χ1) is 11.6. The van der Waals surface area contributed by atoms with Crippen LogP contribution in [0.5, 0.6) is 0 Å². The van der Waals surface area contributed by atoms with E-state index < -0.39 is 17.8 Å². The topological polar surface area (TPSA) is 80.4 Å². The molecular weight excluding hydrogens is 302 g/mol. The number of carboxylic acids is 1. The van der Waals surface area contributed by atoms with Gasteiger partial charge in [0.15, 0.2) is 0 Å². The summed E-state index contributed by atoms with van der Waals surface area (Å²) in [5.41, 5.74) is 5.05. The molecule has 24 heavy (non-hydrogen) atoms. The molecule has 1 amide bonds. The molecule has 0 aliphatic heterocycles. The number of primary amides is 1. The molecule has 0 aromatic heterocycles. The Kier molecular flexibility index (Phi) is 15.6. The van der Waals surface area contributed by atoms with Gasteiger partial charge in [-0.2, -0.15) is 0 Å². The third kappa shape index (κ3) is 15.6. The molecule has 1 atom stereocenters. The van der Waals surface area contributed by atoms with E-state index in [0.717, 1.165) is 12.8 Å². The number of carbonyl (C=O) groups excluding carboxylic acids is 1. The molecule has 0 aromatic carbocycles. The summed E-state index contributed by atoms with van der Waals surface area (Å²) in [5, 5.41) is 8.97. The number of hydrogen-bond acceptors (Lipinski definition) is 2. The highest BCUT2D eigenvalue weighted by atomic mass is 16.4. The first-order valence-corrected chi connectivity index (χ1v) is 9.75. The summed E-state index contributed by atoms with van der Waals surface area (Å²) in [5.74, 6) is -2.34. The molecule has 0 radical (unpaired) electrons. The molecule has 140 valence electrons. The van der Waals surface area contributed by atoms with Gasteiger partial charge in [0.05, 0.1) is 5.92 Å². The SMILES string of the molecule is CCCCCCCCCCCCCCC=CC(CC(N)=O)C(=O)O. The van der Waals surface area contributed by atoms with Crippen LogP contribution in [0.3, 0.4) is 0 Å². The van der Waals surface area contributed by atoms with Crippen molar-refractivity contribution in [1.82, 2.24) is 0 Å². The molecule has 3 N–H and O–H groups in total. The minimum absolute atomic E-state index is 0.121. The quantitative estimate of drug-likeness (QED) is 0.282. The highest BCUT2D eigenvalue weighted by molar-refractivity contribution is 5.82. The summed E-state index contributed by atoms with van der Waals surface area (Å²) in [6, 6.07) is 0. The minimum Gasteiger partial charge on any atom is -0.481 e. The van der Waals surface area contributed by atoms with Gasteiger partial charge in [0.25, 0.3) is 0 Å². The van der Waals surface area contributed by atoms with Crippen LogP contribution < -0.4 is 5.73 Å². The molecule has 0 bridgehead atoms. The van der Waals surface area contributed by atoms with Crippen molar-refractivity contribution in [2.45, 2.75) is 96.8 Å². The van der Waals surface area contributed by atoms with Crippen LogP contribution in [0.2, 0.25) is 0 Å². The number of unbranched alkanes of at least 4 members (excludes halogenated alkanes) is 12. The summed E-state index contributed by atoms with van der Waals surface area (Å²) in [4.78, 5) is 21.7. The average molecular weight is 340 g/mol. The van der Waals surface area contributed by atoms with Crippen molar-refractivity contribution in [2.75, 3.05) is 0 Å². The fraction of sp³-hybridized carbons (Fsp3) is 0.800. The van der Waals surface area contributed by atoms with Gasteiger partial charge in [0, 0.05) is 6.42 Å². The van der Waals surface area contributed by atoms with Gasteiger partial charge in [-0.15, -0.1) is 0 Å². The van der Waals surface area contributed by atoms with Crippen molar-refractivity contribution in [2.24, 2.45) is 11.7 Å². The molecule has 0 fully saturated rings. The van der Waals surface area contributed by atoms with Gasteiger partial charge < -0.3 is 10.8 Å². The monoisotopic (exact) mass is 339 g/mol. The summed E-state index contributed by atoms with van der Waals surface area (Å²) >= 11 is 0. The number of hydrogen-bond donors (Lipinski definition) is 2. The number of amides is 1. The maximum atomic E-state index is 10.9. The van der Waals surface area contributed by atoms with E-state index in [9.17, 15) is 9.59 Å². The number of carboxylic acid groups (broad SMARTS) is 1. The highest BCUT2D eigenvalue weighted by Crippen LogP contribution is 2.13. The van der Waals surface area contributed by atoms with Crippen molar-refractivity contribution in [3.05, 3.63) is 12.2 Å². The molecule has 0 aliphatic carbocycles.